The summed E-state index contributed by atoms with van der Waals surface area (Å²) in [6.45, 7) is 2.30. The molecule has 2 aliphatic rings. The Morgan fingerprint density at radius 3 is 1.25 bits per heavy atom. The molecule has 0 bridgehead atoms. The maximum atomic E-state index is 7.54. The molecule has 0 amide bonds. The highest BCUT2D eigenvalue weighted by Crippen LogP contribution is 2.70. The van der Waals surface area contributed by atoms with Gasteiger partial charge in [-0.25, -0.2) is 0 Å². The van der Waals surface area contributed by atoms with E-state index in [1.54, 1.807) is 0 Å². The minimum absolute atomic E-state index is 0.369. The molecule has 2 saturated heterocycles. The van der Waals surface area contributed by atoms with E-state index >= 15 is 0 Å². The van der Waals surface area contributed by atoms with Crippen LogP contribution in [0.4, 0.5) is 0 Å². The van der Waals surface area contributed by atoms with Gasteiger partial charge in [0.1, 0.15) is 12.2 Å². The number of hydrogen-bond acceptors (Lipinski definition) is 6. The van der Waals surface area contributed by atoms with Crippen LogP contribution in [0.2, 0.25) is 0 Å². The second-order valence-corrected chi connectivity index (χ2v) is 15.6. The third kappa shape index (κ3) is 6.01. The van der Waals surface area contributed by atoms with Gasteiger partial charge >= 0.3 is 6.72 Å². The van der Waals surface area contributed by atoms with Crippen LogP contribution in [0.15, 0.2) is 152 Å². The summed E-state index contributed by atoms with van der Waals surface area (Å²) >= 11 is 6.70. The van der Waals surface area contributed by atoms with Crippen LogP contribution in [0.5, 0.6) is 0 Å². The smallest absolute Gasteiger partial charge is 0.330 e. The van der Waals surface area contributed by atoms with Gasteiger partial charge in [-0.05, 0) is 59.9 Å². The zero-order valence-corrected chi connectivity index (χ0v) is 29.2. The van der Waals surface area contributed by atoms with Gasteiger partial charge in [0.25, 0.3) is 0 Å². The van der Waals surface area contributed by atoms with Crippen molar-refractivity contribution in [3.63, 3.8) is 0 Å². The molecule has 0 aromatic heterocycles. The predicted octanol–water partition coefficient (Wildman–Crippen LogP) is 10.2. The van der Waals surface area contributed by atoms with Gasteiger partial charge in [0, 0.05) is 0 Å². The number of ether oxygens (including phenoxy) is 2. The van der Waals surface area contributed by atoms with Gasteiger partial charge in [0.2, 0.25) is 0 Å². The van der Waals surface area contributed by atoms with E-state index in [0.717, 1.165) is 40.7 Å². The molecular weight excluding hydrogens is 635 g/mol. The molecule has 2 fully saturated rings. The lowest BCUT2D eigenvalue weighted by atomic mass is 9.72. The van der Waals surface area contributed by atoms with Gasteiger partial charge in [-0.3, -0.25) is 9.05 Å². The average molecular weight is 677 g/mol. The van der Waals surface area contributed by atoms with Crippen LogP contribution in [0.25, 0.3) is 0 Å². The Balaban J connectivity index is 1.56. The predicted molar refractivity (Wildman–Crippen MR) is 193 cm³/mol. The molecule has 0 N–H and O–H groups in total. The fourth-order valence-electron chi connectivity index (χ4n) is 7.18. The van der Waals surface area contributed by atoms with Crippen LogP contribution >= 0.6 is 6.72 Å². The number of fused-ring (bicyclic) bond motifs is 1. The molecule has 0 aliphatic carbocycles. The van der Waals surface area contributed by atoms with Crippen LogP contribution in [-0.4, -0.2) is 18.0 Å². The summed E-state index contributed by atoms with van der Waals surface area (Å²) in [4.78, 5) is 0. The second-order valence-electron chi connectivity index (χ2n) is 12.8. The second kappa shape index (κ2) is 13.5. The number of hydrogen-bond donors (Lipinski definition) is 0. The first-order chi connectivity index (χ1) is 23.3. The number of rotatable bonds is 9. The summed E-state index contributed by atoms with van der Waals surface area (Å²) in [5.74, 6) is -0.985. The van der Waals surface area contributed by atoms with Gasteiger partial charge < -0.3 is 14.0 Å². The SMILES string of the molecule is CCC[C@H](OP1(=S)OC(c2ccccc2)(c2ccccc2)[C@@H]2OC(C)(C)O[C@H]2C(c2ccccc2)(c2ccccc2)O1)c1ccccc1. The van der Waals surface area contributed by atoms with E-state index in [1.165, 1.54) is 0 Å². The van der Waals surface area contributed by atoms with Gasteiger partial charge in [-0.2, -0.15) is 0 Å². The molecule has 0 radical (unpaired) electrons. The summed E-state index contributed by atoms with van der Waals surface area (Å²) in [7, 11) is 0. The van der Waals surface area contributed by atoms with E-state index < -0.39 is 35.9 Å². The average Bonchev–Trinajstić information content (AvgIpc) is 3.43. The Labute approximate surface area is 289 Å². The lowest BCUT2D eigenvalue weighted by molar-refractivity contribution is -0.177. The van der Waals surface area contributed by atoms with Crippen molar-refractivity contribution in [1.29, 1.82) is 0 Å². The summed E-state index contributed by atoms with van der Waals surface area (Å²) < 4.78 is 36.4. The molecule has 7 rings (SSSR count). The molecule has 0 unspecified atom stereocenters. The van der Waals surface area contributed by atoms with Crippen LogP contribution in [0.1, 0.15) is 67.5 Å². The van der Waals surface area contributed by atoms with Gasteiger partial charge in [0.05, 0.1) is 6.10 Å². The molecule has 5 nitrogen and oxygen atoms in total. The normalized spacial score (nSPS) is 22.6. The first-order valence-corrected chi connectivity index (χ1v) is 19.2. The highest BCUT2D eigenvalue weighted by atomic mass is 32.5. The molecule has 48 heavy (non-hydrogen) atoms. The van der Waals surface area contributed by atoms with Crippen LogP contribution < -0.4 is 0 Å². The summed E-state index contributed by atoms with van der Waals surface area (Å²) in [6.07, 6.45) is -0.187. The first kappa shape index (κ1) is 33.1. The van der Waals surface area contributed by atoms with Gasteiger partial charge in [0.15, 0.2) is 17.0 Å². The molecule has 3 atom stereocenters. The zero-order chi connectivity index (χ0) is 33.2. The van der Waals surface area contributed by atoms with E-state index in [4.69, 9.17) is 34.9 Å². The largest absolute Gasteiger partial charge is 0.341 e. The Morgan fingerprint density at radius 1 is 0.583 bits per heavy atom. The Hall–Kier alpha value is -3.45. The van der Waals surface area contributed by atoms with Gasteiger partial charge in [-0.1, -0.05) is 165 Å². The van der Waals surface area contributed by atoms with Crippen molar-refractivity contribution in [2.24, 2.45) is 0 Å². The summed E-state index contributed by atoms with van der Waals surface area (Å²) in [6, 6.07) is 50.9. The molecule has 0 saturated carbocycles. The van der Waals surface area contributed by atoms with Crippen molar-refractivity contribution >= 4 is 18.5 Å². The zero-order valence-electron chi connectivity index (χ0n) is 27.5. The highest BCUT2D eigenvalue weighted by Gasteiger charge is 2.68. The van der Waals surface area contributed by atoms with Crippen molar-refractivity contribution in [1.82, 2.24) is 0 Å². The molecule has 5 aromatic carbocycles. The monoisotopic (exact) mass is 676 g/mol. The molecule has 2 heterocycles. The summed E-state index contributed by atoms with van der Waals surface area (Å²) in [5.41, 5.74) is 1.97. The first-order valence-electron chi connectivity index (χ1n) is 16.6. The fourth-order valence-corrected chi connectivity index (χ4v) is 10.2. The fraction of sp³-hybridized carbons (Fsp3) is 0.268. The van der Waals surface area contributed by atoms with E-state index in [0.29, 0.717) is 0 Å². The minimum Gasteiger partial charge on any atom is -0.341 e. The van der Waals surface area contributed by atoms with E-state index in [9.17, 15) is 0 Å². The minimum atomic E-state index is -3.74. The Bertz CT molecular complexity index is 1650. The molecular formula is C41H41O5PS. The van der Waals surface area contributed by atoms with Gasteiger partial charge in [-0.15, -0.1) is 0 Å². The Kier molecular flexibility index (Phi) is 9.27. The maximum Gasteiger partial charge on any atom is 0.330 e. The highest BCUT2D eigenvalue weighted by molar-refractivity contribution is 8.07. The maximum absolute atomic E-state index is 7.54. The number of benzene rings is 5. The topological polar surface area (TPSA) is 46.2 Å². The standard InChI is InChI=1S/C41H41O5PS/c1-4-20-36(31-21-10-5-11-22-31)44-47(48)45-40(32-23-12-6-13-24-32,33-25-14-7-15-26-33)37-38(43-39(2,3)42-37)41(46-47,34-27-16-8-17-28-34)35-29-18-9-19-30-35/h5-19,21-30,36-38H,4,20H2,1-3H3/t36-,37+,38+/m0/s1. The van der Waals surface area contributed by atoms with Crippen molar-refractivity contribution in [2.45, 2.75) is 68.9 Å². The van der Waals surface area contributed by atoms with E-state index in [1.807, 2.05) is 105 Å². The Morgan fingerprint density at radius 2 is 0.917 bits per heavy atom. The molecule has 2 aliphatic heterocycles. The quantitative estimate of drug-likeness (QED) is 0.145. The van der Waals surface area contributed by atoms with E-state index in [2.05, 4.69) is 67.6 Å². The van der Waals surface area contributed by atoms with Crippen molar-refractivity contribution in [3.05, 3.63) is 179 Å². The van der Waals surface area contributed by atoms with Crippen molar-refractivity contribution < 1.29 is 23.0 Å². The summed E-state index contributed by atoms with van der Waals surface area (Å²) in [5, 5.41) is 0. The van der Waals surface area contributed by atoms with Crippen molar-refractivity contribution in [3.8, 4) is 0 Å². The molecule has 246 valence electrons. The lowest BCUT2D eigenvalue weighted by Gasteiger charge is -2.41. The van der Waals surface area contributed by atoms with Crippen LogP contribution in [0, 0.1) is 0 Å². The molecule has 7 heteroatoms. The lowest BCUT2D eigenvalue weighted by Crippen LogP contribution is -2.53. The van der Waals surface area contributed by atoms with Crippen LogP contribution in [-0.2, 0) is 46.1 Å². The molecule has 5 aromatic rings. The van der Waals surface area contributed by atoms with E-state index in [-0.39, 0.29) is 6.10 Å². The third-order valence-corrected chi connectivity index (χ3v) is 11.4. The molecule has 0 spiro atoms. The van der Waals surface area contributed by atoms with Crippen molar-refractivity contribution in [2.75, 3.05) is 0 Å². The third-order valence-electron chi connectivity index (χ3n) is 9.20. The van der Waals surface area contributed by atoms with Crippen LogP contribution in [0.3, 0.4) is 0 Å².